The van der Waals surface area contributed by atoms with Gasteiger partial charge in [-0.25, -0.2) is 17.2 Å². The van der Waals surface area contributed by atoms with Crippen molar-refractivity contribution in [2.45, 2.75) is 31.4 Å². The van der Waals surface area contributed by atoms with Crippen molar-refractivity contribution in [3.05, 3.63) is 65.7 Å². The second-order valence-electron chi connectivity index (χ2n) is 6.01. The molecule has 0 saturated heterocycles. The van der Waals surface area contributed by atoms with Gasteiger partial charge in [-0.3, -0.25) is 4.79 Å². The van der Waals surface area contributed by atoms with Crippen molar-refractivity contribution in [3.8, 4) is 0 Å². The van der Waals surface area contributed by atoms with Gasteiger partial charge in [0.1, 0.15) is 29.2 Å². The lowest BCUT2D eigenvalue weighted by Gasteiger charge is -2.21. The van der Waals surface area contributed by atoms with E-state index in [1.54, 1.807) is 19.9 Å². The van der Waals surface area contributed by atoms with Crippen LogP contribution < -0.4 is 4.72 Å². The van der Waals surface area contributed by atoms with Gasteiger partial charge in [-0.2, -0.15) is 4.72 Å². The molecule has 0 aliphatic rings. The number of hydrogen-bond acceptors (Lipinski definition) is 4. The van der Waals surface area contributed by atoms with E-state index in [9.17, 15) is 22.0 Å². The van der Waals surface area contributed by atoms with Crippen LogP contribution >= 0.6 is 0 Å². The molecule has 5 nitrogen and oxygen atoms in total. The van der Waals surface area contributed by atoms with Gasteiger partial charge in [-0.05, 0) is 35.7 Å². The Bertz CT molecular complexity index is 884. The number of sulfonamides is 1. The van der Waals surface area contributed by atoms with E-state index in [0.717, 1.165) is 12.1 Å². The van der Waals surface area contributed by atoms with Crippen LogP contribution in [-0.4, -0.2) is 20.4 Å². The van der Waals surface area contributed by atoms with Crippen molar-refractivity contribution >= 4 is 16.0 Å². The molecule has 2 aromatic rings. The number of rotatable bonds is 7. The first-order valence-corrected chi connectivity index (χ1v) is 9.37. The Morgan fingerprint density at radius 1 is 1.12 bits per heavy atom. The molecule has 0 heterocycles. The summed E-state index contributed by atoms with van der Waals surface area (Å²) >= 11 is 0. The molecule has 0 fully saturated rings. The molecular formula is C18H19F2NO4S. The molecule has 0 saturated carbocycles. The average molecular weight is 383 g/mol. The van der Waals surface area contributed by atoms with E-state index < -0.39 is 44.5 Å². The molecule has 0 radical (unpaired) electrons. The smallest absolute Gasteiger partial charge is 0.324 e. The number of halogens is 2. The van der Waals surface area contributed by atoms with Crippen LogP contribution in [0.4, 0.5) is 8.78 Å². The normalized spacial score (nSPS) is 12.8. The fourth-order valence-electron chi connectivity index (χ4n) is 2.22. The largest absolute Gasteiger partial charge is 0.460 e. The molecule has 0 bridgehead atoms. The SMILES string of the molecule is CC(C)C(NS(=O)(=O)c1ccccc1F)C(=O)OCc1cccc(F)c1. The van der Waals surface area contributed by atoms with Gasteiger partial charge >= 0.3 is 5.97 Å². The molecular weight excluding hydrogens is 364 g/mol. The lowest BCUT2D eigenvalue weighted by molar-refractivity contribution is -0.148. The van der Waals surface area contributed by atoms with Gasteiger partial charge in [0.05, 0.1) is 0 Å². The molecule has 0 aromatic heterocycles. The third-order valence-electron chi connectivity index (χ3n) is 3.60. The van der Waals surface area contributed by atoms with Crippen LogP contribution in [0.15, 0.2) is 53.4 Å². The minimum Gasteiger partial charge on any atom is -0.460 e. The molecule has 2 rings (SSSR count). The zero-order valence-corrected chi connectivity index (χ0v) is 15.1. The van der Waals surface area contributed by atoms with E-state index in [-0.39, 0.29) is 6.61 Å². The highest BCUT2D eigenvalue weighted by molar-refractivity contribution is 7.89. The number of ether oxygens (including phenoxy) is 1. The Balaban J connectivity index is 2.13. The Hall–Kier alpha value is -2.32. The summed E-state index contributed by atoms with van der Waals surface area (Å²) < 4.78 is 59.0. The topological polar surface area (TPSA) is 72.5 Å². The van der Waals surface area contributed by atoms with E-state index in [1.807, 2.05) is 0 Å². The predicted octanol–water partition coefficient (Wildman–Crippen LogP) is 3.01. The Labute approximate surface area is 151 Å². The van der Waals surface area contributed by atoms with Crippen LogP contribution in [0.5, 0.6) is 0 Å². The van der Waals surface area contributed by atoms with E-state index in [4.69, 9.17) is 4.74 Å². The van der Waals surface area contributed by atoms with Crippen molar-refractivity contribution in [1.82, 2.24) is 4.72 Å². The van der Waals surface area contributed by atoms with Crippen molar-refractivity contribution in [3.63, 3.8) is 0 Å². The molecule has 0 aliphatic carbocycles. The summed E-state index contributed by atoms with van der Waals surface area (Å²) in [6.45, 7) is 3.04. The van der Waals surface area contributed by atoms with Gasteiger partial charge in [-0.1, -0.05) is 38.1 Å². The summed E-state index contributed by atoms with van der Waals surface area (Å²) in [7, 11) is -4.26. The molecule has 1 unspecified atom stereocenters. The second-order valence-corrected chi connectivity index (χ2v) is 7.69. The van der Waals surface area contributed by atoms with Gasteiger partial charge in [0.15, 0.2) is 0 Å². The van der Waals surface area contributed by atoms with Gasteiger partial charge < -0.3 is 4.74 Å². The first-order chi connectivity index (χ1) is 12.2. The van der Waals surface area contributed by atoms with Gasteiger partial charge in [0.25, 0.3) is 0 Å². The van der Waals surface area contributed by atoms with Gasteiger partial charge in [-0.15, -0.1) is 0 Å². The molecule has 8 heteroatoms. The molecule has 1 atom stereocenters. The van der Waals surface area contributed by atoms with Gasteiger partial charge in [0.2, 0.25) is 10.0 Å². The second kappa shape index (κ2) is 8.37. The standard InChI is InChI=1S/C18H19F2NO4S/c1-12(2)17(18(22)25-11-13-6-5-7-14(19)10-13)21-26(23,24)16-9-4-3-8-15(16)20/h3-10,12,17,21H,11H2,1-2H3. The van der Waals surface area contributed by atoms with E-state index >= 15 is 0 Å². The molecule has 140 valence electrons. The number of carbonyl (C=O) groups excluding carboxylic acids is 1. The molecule has 0 aliphatic heterocycles. The number of esters is 1. The third kappa shape index (κ3) is 5.09. The molecule has 2 aromatic carbocycles. The third-order valence-corrected chi connectivity index (χ3v) is 5.07. The monoisotopic (exact) mass is 383 g/mol. The Kier molecular flexibility index (Phi) is 6.44. The molecule has 0 amide bonds. The maximum atomic E-state index is 13.8. The highest BCUT2D eigenvalue weighted by atomic mass is 32.2. The maximum Gasteiger partial charge on any atom is 0.324 e. The molecule has 1 N–H and O–H groups in total. The first-order valence-electron chi connectivity index (χ1n) is 7.88. The summed E-state index contributed by atoms with van der Waals surface area (Å²) in [6, 6.07) is 9.16. The highest BCUT2D eigenvalue weighted by Gasteiger charge is 2.31. The minimum atomic E-state index is -4.26. The van der Waals surface area contributed by atoms with Crippen LogP contribution in [-0.2, 0) is 26.2 Å². The van der Waals surface area contributed by atoms with Crippen molar-refractivity contribution in [2.75, 3.05) is 0 Å². The number of benzene rings is 2. The van der Waals surface area contributed by atoms with Crippen molar-refractivity contribution < 1.29 is 26.7 Å². The molecule has 0 spiro atoms. The fraction of sp³-hybridized carbons (Fsp3) is 0.278. The van der Waals surface area contributed by atoms with Crippen LogP contribution in [0.3, 0.4) is 0 Å². The molecule has 26 heavy (non-hydrogen) atoms. The van der Waals surface area contributed by atoms with Crippen LogP contribution in [0, 0.1) is 17.6 Å². The Morgan fingerprint density at radius 3 is 2.42 bits per heavy atom. The van der Waals surface area contributed by atoms with Crippen LogP contribution in [0.2, 0.25) is 0 Å². The average Bonchev–Trinajstić information content (AvgIpc) is 2.57. The number of nitrogens with one attached hydrogen (secondary N) is 1. The first kappa shape index (κ1) is 20.0. The summed E-state index contributed by atoms with van der Waals surface area (Å²) in [6.07, 6.45) is 0. The quantitative estimate of drug-likeness (QED) is 0.746. The van der Waals surface area contributed by atoms with E-state index in [0.29, 0.717) is 5.56 Å². The van der Waals surface area contributed by atoms with E-state index in [1.165, 1.54) is 30.3 Å². The lowest BCUT2D eigenvalue weighted by atomic mass is 10.1. The summed E-state index contributed by atoms with van der Waals surface area (Å²) in [5.41, 5.74) is 0.429. The zero-order chi connectivity index (χ0) is 19.3. The van der Waals surface area contributed by atoms with Gasteiger partial charge in [0, 0.05) is 0 Å². The highest BCUT2D eigenvalue weighted by Crippen LogP contribution is 2.16. The van der Waals surface area contributed by atoms with Crippen molar-refractivity contribution in [1.29, 1.82) is 0 Å². The lowest BCUT2D eigenvalue weighted by Crippen LogP contribution is -2.45. The summed E-state index contributed by atoms with van der Waals surface area (Å²) in [5.74, 6) is -2.67. The van der Waals surface area contributed by atoms with Crippen molar-refractivity contribution in [2.24, 2.45) is 5.92 Å². The predicted molar refractivity (Wildman–Crippen MR) is 91.5 cm³/mol. The van der Waals surface area contributed by atoms with Crippen LogP contribution in [0.1, 0.15) is 19.4 Å². The summed E-state index contributed by atoms with van der Waals surface area (Å²) in [5, 5.41) is 0. The Morgan fingerprint density at radius 2 is 1.81 bits per heavy atom. The fourth-order valence-corrected chi connectivity index (χ4v) is 3.63. The number of hydrogen-bond donors (Lipinski definition) is 1. The van der Waals surface area contributed by atoms with Crippen LogP contribution in [0.25, 0.3) is 0 Å². The zero-order valence-electron chi connectivity index (χ0n) is 14.3. The van der Waals surface area contributed by atoms with E-state index in [2.05, 4.69) is 4.72 Å². The maximum absolute atomic E-state index is 13.8. The summed E-state index contributed by atoms with van der Waals surface area (Å²) in [4.78, 5) is 11.7. The number of carbonyl (C=O) groups is 1. The minimum absolute atomic E-state index is 0.207.